The molecule has 0 aromatic carbocycles. The van der Waals surface area contributed by atoms with Crippen LogP contribution in [0.2, 0.25) is 0 Å². The summed E-state index contributed by atoms with van der Waals surface area (Å²) < 4.78 is 1.71. The van der Waals surface area contributed by atoms with Gasteiger partial charge in [0.1, 0.15) is 0 Å². The van der Waals surface area contributed by atoms with Crippen molar-refractivity contribution >= 4 is 11.3 Å². The zero-order chi connectivity index (χ0) is 11.8. The van der Waals surface area contributed by atoms with Gasteiger partial charge in [0, 0.05) is 18.0 Å². The van der Waals surface area contributed by atoms with Gasteiger partial charge in [-0.2, -0.15) is 0 Å². The summed E-state index contributed by atoms with van der Waals surface area (Å²) >= 11 is 0. The van der Waals surface area contributed by atoms with E-state index < -0.39 is 0 Å². The van der Waals surface area contributed by atoms with Gasteiger partial charge in [-0.15, -0.1) is 5.10 Å². The molecule has 3 heterocycles. The molecule has 0 aliphatic rings. The largest absolute Gasteiger partial charge is 0.397 e. The number of pyridine rings is 2. The molecule has 3 rings (SSSR count). The highest BCUT2D eigenvalue weighted by molar-refractivity contribution is 5.61. The molecule has 2 N–H and O–H groups in total. The van der Waals surface area contributed by atoms with E-state index in [4.69, 9.17) is 5.73 Å². The highest BCUT2D eigenvalue weighted by Crippen LogP contribution is 2.18. The minimum Gasteiger partial charge on any atom is -0.397 e. The van der Waals surface area contributed by atoms with Crippen molar-refractivity contribution in [1.82, 2.24) is 19.6 Å². The second-order valence-corrected chi connectivity index (χ2v) is 3.90. The fraction of sp³-hybridized carbons (Fsp3) is 0.0833. The molecule has 3 aromatic heterocycles. The molecule has 5 nitrogen and oxygen atoms in total. The number of anilines is 1. The lowest BCUT2D eigenvalue weighted by atomic mass is 10.2. The highest BCUT2D eigenvalue weighted by atomic mass is 15.3. The van der Waals surface area contributed by atoms with E-state index in [1.165, 1.54) is 0 Å². The van der Waals surface area contributed by atoms with Crippen molar-refractivity contribution < 1.29 is 0 Å². The van der Waals surface area contributed by atoms with Crippen LogP contribution < -0.4 is 5.73 Å². The summed E-state index contributed by atoms with van der Waals surface area (Å²) in [7, 11) is 0. The molecule has 5 heteroatoms. The number of aromatic nitrogens is 4. The van der Waals surface area contributed by atoms with Crippen LogP contribution in [0, 0.1) is 6.92 Å². The third-order valence-electron chi connectivity index (χ3n) is 2.58. The summed E-state index contributed by atoms with van der Waals surface area (Å²) in [5.74, 6) is 0.682. The Morgan fingerprint density at radius 1 is 1.24 bits per heavy atom. The molecule has 0 atom stereocenters. The number of hydrogen-bond acceptors (Lipinski definition) is 4. The van der Waals surface area contributed by atoms with Gasteiger partial charge < -0.3 is 5.73 Å². The fourth-order valence-corrected chi connectivity index (χ4v) is 1.80. The number of aryl methyl sites for hydroxylation is 1. The molecular formula is C12H11N5. The van der Waals surface area contributed by atoms with Gasteiger partial charge in [0.25, 0.3) is 0 Å². The average Bonchev–Trinajstić information content (AvgIpc) is 2.74. The topological polar surface area (TPSA) is 69.1 Å². The Morgan fingerprint density at radius 3 is 2.76 bits per heavy atom. The normalized spacial score (nSPS) is 10.9. The predicted octanol–water partition coefficient (Wildman–Crippen LogP) is 1.68. The molecule has 0 saturated heterocycles. The van der Waals surface area contributed by atoms with Gasteiger partial charge in [-0.05, 0) is 30.7 Å². The Balaban J connectivity index is 2.24. The van der Waals surface area contributed by atoms with E-state index in [9.17, 15) is 0 Å². The maximum Gasteiger partial charge on any atom is 0.182 e. The summed E-state index contributed by atoms with van der Waals surface area (Å²) in [5, 5.41) is 4.40. The minimum absolute atomic E-state index is 0.682. The zero-order valence-corrected chi connectivity index (χ0v) is 9.33. The van der Waals surface area contributed by atoms with Gasteiger partial charge >= 0.3 is 0 Å². The summed E-state index contributed by atoms with van der Waals surface area (Å²) in [6.45, 7) is 1.97. The molecule has 0 bridgehead atoms. The van der Waals surface area contributed by atoms with Crippen molar-refractivity contribution in [2.24, 2.45) is 0 Å². The predicted molar refractivity (Wildman–Crippen MR) is 65.4 cm³/mol. The maximum atomic E-state index is 5.77. The Labute approximate surface area is 97.9 Å². The van der Waals surface area contributed by atoms with Crippen LogP contribution in [-0.2, 0) is 0 Å². The first-order valence-electron chi connectivity index (χ1n) is 5.27. The van der Waals surface area contributed by atoms with Gasteiger partial charge in [-0.3, -0.25) is 4.98 Å². The summed E-state index contributed by atoms with van der Waals surface area (Å²) in [6, 6.07) is 5.65. The van der Waals surface area contributed by atoms with Crippen LogP contribution in [0.1, 0.15) is 5.56 Å². The Morgan fingerprint density at radius 2 is 2.00 bits per heavy atom. The molecule has 0 saturated carbocycles. The molecule has 0 radical (unpaired) electrons. The van der Waals surface area contributed by atoms with E-state index in [2.05, 4.69) is 15.1 Å². The molecule has 0 amide bonds. The van der Waals surface area contributed by atoms with Crippen molar-refractivity contribution in [2.75, 3.05) is 5.73 Å². The second-order valence-electron chi connectivity index (χ2n) is 3.90. The van der Waals surface area contributed by atoms with Crippen molar-refractivity contribution in [3.63, 3.8) is 0 Å². The molecule has 0 spiro atoms. The van der Waals surface area contributed by atoms with Crippen LogP contribution in [0.5, 0.6) is 0 Å². The van der Waals surface area contributed by atoms with Gasteiger partial charge in [-0.1, -0.05) is 0 Å². The van der Waals surface area contributed by atoms with Crippen molar-refractivity contribution in [3.8, 4) is 11.4 Å². The Bertz CT molecular complexity index is 672. The first-order valence-corrected chi connectivity index (χ1v) is 5.27. The number of rotatable bonds is 1. The Hall–Kier alpha value is -2.43. The van der Waals surface area contributed by atoms with E-state index >= 15 is 0 Å². The van der Waals surface area contributed by atoms with Gasteiger partial charge in [0.15, 0.2) is 11.5 Å². The summed E-state index contributed by atoms with van der Waals surface area (Å²) in [6.07, 6.45) is 5.21. The average molecular weight is 225 g/mol. The lowest BCUT2D eigenvalue weighted by molar-refractivity contribution is 0.962. The minimum atomic E-state index is 0.682. The van der Waals surface area contributed by atoms with E-state index in [0.29, 0.717) is 11.5 Å². The molecular weight excluding hydrogens is 214 g/mol. The maximum absolute atomic E-state index is 5.77. The second kappa shape index (κ2) is 3.55. The summed E-state index contributed by atoms with van der Waals surface area (Å²) in [4.78, 5) is 8.47. The van der Waals surface area contributed by atoms with Crippen LogP contribution in [0.15, 0.2) is 36.8 Å². The Kier molecular flexibility index (Phi) is 2.04. The summed E-state index contributed by atoms with van der Waals surface area (Å²) in [5.41, 5.74) is 9.24. The molecule has 0 fully saturated rings. The van der Waals surface area contributed by atoms with E-state index in [1.807, 2.05) is 25.1 Å². The first kappa shape index (κ1) is 9.77. The van der Waals surface area contributed by atoms with Crippen molar-refractivity contribution in [2.45, 2.75) is 6.92 Å². The molecule has 3 aromatic rings. The fourth-order valence-electron chi connectivity index (χ4n) is 1.80. The number of nitrogens with two attached hydrogens (primary N) is 1. The lowest BCUT2D eigenvalue weighted by Gasteiger charge is -1.97. The third-order valence-corrected chi connectivity index (χ3v) is 2.58. The zero-order valence-electron chi connectivity index (χ0n) is 9.33. The number of nitrogens with zero attached hydrogens (tertiary/aromatic N) is 4. The van der Waals surface area contributed by atoms with Crippen LogP contribution in [-0.4, -0.2) is 19.6 Å². The van der Waals surface area contributed by atoms with Gasteiger partial charge in [0.2, 0.25) is 0 Å². The van der Waals surface area contributed by atoms with Gasteiger partial charge in [0.05, 0.1) is 11.9 Å². The smallest absolute Gasteiger partial charge is 0.182 e. The monoisotopic (exact) mass is 225 g/mol. The SMILES string of the molecule is Cc1cc(N)cn2nc(-c3ccncc3)nc12. The molecule has 0 unspecified atom stereocenters. The van der Waals surface area contributed by atoms with Crippen molar-refractivity contribution in [3.05, 3.63) is 42.4 Å². The van der Waals surface area contributed by atoms with Gasteiger partial charge in [-0.25, -0.2) is 9.50 Å². The first-order chi connectivity index (χ1) is 8.24. The number of nitrogen functional groups attached to an aromatic ring is 1. The van der Waals surface area contributed by atoms with Crippen molar-refractivity contribution in [1.29, 1.82) is 0 Å². The molecule has 0 aliphatic carbocycles. The number of hydrogen-bond donors (Lipinski definition) is 1. The molecule has 84 valence electrons. The number of fused-ring (bicyclic) bond motifs is 1. The van der Waals surface area contributed by atoms with E-state index in [1.54, 1.807) is 23.1 Å². The van der Waals surface area contributed by atoms with Crippen LogP contribution >= 0.6 is 0 Å². The van der Waals surface area contributed by atoms with Crippen LogP contribution in [0.4, 0.5) is 5.69 Å². The van der Waals surface area contributed by atoms with Crippen LogP contribution in [0.3, 0.4) is 0 Å². The third kappa shape index (κ3) is 1.61. The lowest BCUT2D eigenvalue weighted by Crippen LogP contribution is -1.94. The van der Waals surface area contributed by atoms with E-state index in [0.717, 1.165) is 16.8 Å². The van der Waals surface area contributed by atoms with Crippen LogP contribution in [0.25, 0.3) is 17.0 Å². The van der Waals surface area contributed by atoms with E-state index in [-0.39, 0.29) is 0 Å². The highest BCUT2D eigenvalue weighted by Gasteiger charge is 2.08. The molecule has 0 aliphatic heterocycles. The standard InChI is InChI=1S/C12H11N5/c1-8-6-10(13)7-17-12(8)15-11(16-17)9-2-4-14-5-3-9/h2-7H,13H2,1H3. The molecule has 17 heavy (non-hydrogen) atoms. The quantitative estimate of drug-likeness (QED) is 0.684.